The largest absolute Gasteiger partial charge is 0.376 e. The molecule has 2 aromatic rings. The van der Waals surface area contributed by atoms with E-state index in [4.69, 9.17) is 4.74 Å². The Hall–Kier alpha value is -2.32. The minimum Gasteiger partial charge on any atom is -0.376 e. The molecule has 0 spiro atoms. The minimum atomic E-state index is -0.0284. The van der Waals surface area contributed by atoms with Crippen molar-refractivity contribution in [3.8, 4) is 0 Å². The molecule has 2 aromatic heterocycles. The molecular weight excluding hydrogens is 380 g/mol. The van der Waals surface area contributed by atoms with Gasteiger partial charge in [0, 0.05) is 37.2 Å². The van der Waals surface area contributed by atoms with E-state index in [2.05, 4.69) is 31.6 Å². The van der Waals surface area contributed by atoms with Gasteiger partial charge in [-0.25, -0.2) is 4.68 Å². The van der Waals surface area contributed by atoms with Crippen LogP contribution in [-0.4, -0.2) is 57.2 Å². The lowest BCUT2D eigenvalue weighted by atomic mass is 10.0. The van der Waals surface area contributed by atoms with E-state index in [-0.39, 0.29) is 5.56 Å². The summed E-state index contributed by atoms with van der Waals surface area (Å²) in [6.07, 6.45) is 7.76. The highest BCUT2D eigenvalue weighted by atomic mass is 16.5. The van der Waals surface area contributed by atoms with Gasteiger partial charge in [-0.2, -0.15) is 10.2 Å². The summed E-state index contributed by atoms with van der Waals surface area (Å²) in [7, 11) is 0. The summed E-state index contributed by atoms with van der Waals surface area (Å²) < 4.78 is 7.07. The van der Waals surface area contributed by atoms with E-state index in [9.17, 15) is 4.79 Å². The molecular formula is C22H30N6O2. The molecule has 1 fully saturated rings. The maximum Gasteiger partial charge on any atom is 0.267 e. The minimum absolute atomic E-state index is 0.0284. The van der Waals surface area contributed by atoms with Crippen LogP contribution in [0.4, 0.5) is 5.82 Å². The van der Waals surface area contributed by atoms with Gasteiger partial charge in [0.2, 0.25) is 0 Å². The summed E-state index contributed by atoms with van der Waals surface area (Å²) in [5, 5.41) is 16.9. The van der Waals surface area contributed by atoms with Gasteiger partial charge in [-0.15, -0.1) is 5.10 Å². The van der Waals surface area contributed by atoms with Crippen molar-refractivity contribution in [2.24, 2.45) is 0 Å². The van der Waals surface area contributed by atoms with Gasteiger partial charge in [-0.3, -0.25) is 9.69 Å². The number of aromatic nitrogens is 4. The van der Waals surface area contributed by atoms with E-state index in [1.807, 2.05) is 0 Å². The summed E-state index contributed by atoms with van der Waals surface area (Å²) in [5.41, 5.74) is 4.43. The van der Waals surface area contributed by atoms with Crippen molar-refractivity contribution in [3.05, 3.63) is 45.0 Å². The first kappa shape index (κ1) is 19.6. The van der Waals surface area contributed by atoms with Crippen molar-refractivity contribution in [1.82, 2.24) is 24.9 Å². The van der Waals surface area contributed by atoms with Crippen molar-refractivity contribution in [2.45, 2.75) is 64.1 Å². The maximum absolute atomic E-state index is 12.4. The van der Waals surface area contributed by atoms with Crippen LogP contribution in [0.25, 0.3) is 0 Å². The number of rotatable bonds is 6. The Morgan fingerprint density at radius 3 is 2.97 bits per heavy atom. The van der Waals surface area contributed by atoms with E-state index in [0.29, 0.717) is 25.8 Å². The number of hydrogen-bond donors (Lipinski definition) is 1. The fraction of sp³-hybridized carbons (Fsp3) is 0.636. The Balaban J connectivity index is 1.21. The van der Waals surface area contributed by atoms with Crippen molar-refractivity contribution in [1.29, 1.82) is 0 Å². The van der Waals surface area contributed by atoms with Gasteiger partial charge in [-0.05, 0) is 50.3 Å². The lowest BCUT2D eigenvalue weighted by molar-refractivity contribution is 0.107. The molecule has 3 aliphatic rings. The Labute approximate surface area is 176 Å². The Morgan fingerprint density at radius 2 is 2.00 bits per heavy atom. The molecule has 2 aliphatic heterocycles. The van der Waals surface area contributed by atoms with Crippen LogP contribution in [0.15, 0.2) is 16.9 Å². The smallest absolute Gasteiger partial charge is 0.267 e. The third-order valence-corrected chi connectivity index (χ3v) is 6.59. The molecule has 0 amide bonds. The van der Waals surface area contributed by atoms with E-state index >= 15 is 0 Å². The van der Waals surface area contributed by atoms with Gasteiger partial charge in [0.05, 0.1) is 31.1 Å². The predicted octanol–water partition coefficient (Wildman–Crippen LogP) is 1.56. The molecule has 1 aliphatic carbocycles. The molecule has 1 atom stereocenters. The molecule has 8 heteroatoms. The number of nitrogens with one attached hydrogen (secondary N) is 1. The molecule has 1 unspecified atom stereocenters. The molecule has 4 heterocycles. The topological polar surface area (TPSA) is 85.2 Å². The van der Waals surface area contributed by atoms with Gasteiger partial charge in [-0.1, -0.05) is 6.42 Å². The molecule has 8 nitrogen and oxygen atoms in total. The van der Waals surface area contributed by atoms with Gasteiger partial charge >= 0.3 is 0 Å². The molecule has 30 heavy (non-hydrogen) atoms. The highest BCUT2D eigenvalue weighted by Crippen LogP contribution is 2.22. The fourth-order valence-corrected chi connectivity index (χ4v) is 4.86. The average Bonchev–Trinajstić information content (AvgIpc) is 3.25. The molecule has 5 rings (SSSR count). The van der Waals surface area contributed by atoms with Crippen molar-refractivity contribution < 1.29 is 4.74 Å². The molecule has 1 N–H and O–H groups in total. The Bertz CT molecular complexity index is 959. The van der Waals surface area contributed by atoms with Crippen LogP contribution < -0.4 is 10.9 Å². The van der Waals surface area contributed by atoms with Crippen LogP contribution in [0, 0.1) is 0 Å². The Morgan fingerprint density at radius 1 is 1.03 bits per heavy atom. The molecule has 0 saturated carbocycles. The predicted molar refractivity (Wildman–Crippen MR) is 114 cm³/mol. The van der Waals surface area contributed by atoms with Crippen LogP contribution in [0.5, 0.6) is 0 Å². The van der Waals surface area contributed by atoms with E-state index < -0.39 is 0 Å². The highest BCUT2D eigenvalue weighted by Gasteiger charge is 2.23. The van der Waals surface area contributed by atoms with Crippen LogP contribution in [0.2, 0.25) is 0 Å². The Kier molecular flexibility index (Phi) is 5.77. The summed E-state index contributed by atoms with van der Waals surface area (Å²) in [4.78, 5) is 14.9. The second-order valence-corrected chi connectivity index (χ2v) is 8.60. The van der Waals surface area contributed by atoms with Crippen molar-refractivity contribution in [3.63, 3.8) is 0 Å². The molecule has 0 bridgehead atoms. The first-order chi connectivity index (χ1) is 14.8. The van der Waals surface area contributed by atoms with Gasteiger partial charge < -0.3 is 10.1 Å². The lowest BCUT2D eigenvalue weighted by Gasteiger charge is -2.36. The van der Waals surface area contributed by atoms with Crippen LogP contribution in [0.3, 0.4) is 0 Å². The molecule has 0 aromatic carbocycles. The van der Waals surface area contributed by atoms with Crippen molar-refractivity contribution in [2.75, 3.05) is 31.6 Å². The standard InChI is InChI=1S/C22H30N6O2/c29-22-13-17-15-30-11-7-20(17)26-28(22)10-9-27-8-2-1-5-18(27)14-23-21-12-16-4-3-6-19(16)24-25-21/h12-13,18H,1-11,14-15H2,(H,23,25). The summed E-state index contributed by atoms with van der Waals surface area (Å²) >= 11 is 0. The molecule has 0 radical (unpaired) electrons. The third kappa shape index (κ3) is 4.25. The fourth-order valence-electron chi connectivity index (χ4n) is 4.86. The zero-order valence-electron chi connectivity index (χ0n) is 17.5. The number of piperidine rings is 1. The molecule has 160 valence electrons. The number of hydrogen-bond acceptors (Lipinski definition) is 7. The van der Waals surface area contributed by atoms with Crippen LogP contribution >= 0.6 is 0 Å². The highest BCUT2D eigenvalue weighted by molar-refractivity contribution is 5.40. The van der Waals surface area contributed by atoms with E-state index in [0.717, 1.165) is 68.1 Å². The monoisotopic (exact) mass is 410 g/mol. The number of likely N-dealkylation sites (tertiary alicyclic amines) is 1. The summed E-state index contributed by atoms with van der Waals surface area (Å²) in [6.45, 7) is 4.58. The SMILES string of the molecule is O=c1cc2c(nn1CCN1CCCCC1CNc1cc3c(nn1)CCC3)CCOC2. The van der Waals surface area contributed by atoms with Crippen LogP contribution in [-0.2, 0) is 37.2 Å². The lowest BCUT2D eigenvalue weighted by Crippen LogP contribution is -2.46. The number of anilines is 1. The third-order valence-electron chi connectivity index (χ3n) is 6.59. The van der Waals surface area contributed by atoms with Gasteiger partial charge in [0.15, 0.2) is 0 Å². The van der Waals surface area contributed by atoms with Crippen LogP contribution in [0.1, 0.15) is 48.2 Å². The zero-order valence-corrected chi connectivity index (χ0v) is 17.5. The number of ether oxygens (including phenoxy) is 1. The summed E-state index contributed by atoms with van der Waals surface area (Å²) in [5.74, 6) is 0.885. The first-order valence-electron chi connectivity index (χ1n) is 11.3. The van der Waals surface area contributed by atoms with Gasteiger partial charge in [0.25, 0.3) is 5.56 Å². The van der Waals surface area contributed by atoms with Crippen molar-refractivity contribution >= 4 is 5.82 Å². The maximum atomic E-state index is 12.4. The zero-order chi connectivity index (χ0) is 20.3. The van der Waals surface area contributed by atoms with Gasteiger partial charge in [0.1, 0.15) is 5.82 Å². The quantitative estimate of drug-likeness (QED) is 0.774. The normalized spacial score (nSPS) is 21.3. The second-order valence-electron chi connectivity index (χ2n) is 8.60. The second kappa shape index (κ2) is 8.81. The number of fused-ring (bicyclic) bond motifs is 2. The number of aryl methyl sites for hydroxylation is 2. The first-order valence-corrected chi connectivity index (χ1v) is 11.3. The van der Waals surface area contributed by atoms with E-state index in [1.165, 1.54) is 24.8 Å². The number of nitrogens with zero attached hydrogens (tertiary/aromatic N) is 5. The molecule has 1 saturated heterocycles. The average molecular weight is 411 g/mol. The summed E-state index contributed by atoms with van der Waals surface area (Å²) in [6, 6.07) is 4.31. The van der Waals surface area contributed by atoms with E-state index in [1.54, 1.807) is 10.7 Å².